The van der Waals surface area contributed by atoms with Gasteiger partial charge in [0.1, 0.15) is 6.07 Å². The number of benzene rings is 2. The Morgan fingerprint density at radius 2 is 1.88 bits per heavy atom. The molecule has 1 atom stereocenters. The summed E-state index contributed by atoms with van der Waals surface area (Å²) in [5.74, 6) is -1.69. The molecule has 0 spiro atoms. The van der Waals surface area contributed by atoms with Crippen LogP contribution < -0.4 is 5.32 Å². The van der Waals surface area contributed by atoms with Crippen LogP contribution in [0.2, 0.25) is 5.02 Å². The number of carbonyl (C=O) groups is 2. The molecule has 0 aliphatic rings. The predicted octanol–water partition coefficient (Wildman–Crippen LogP) is 3.80. The second-order valence-electron chi connectivity index (χ2n) is 5.26. The number of carboxylic acid groups (broad SMARTS) is 1. The Balaban J connectivity index is 2.09. The first-order chi connectivity index (χ1) is 11.5. The maximum atomic E-state index is 12.2. The average Bonchev–Trinajstić information content (AvgIpc) is 2.55. The van der Waals surface area contributed by atoms with Crippen LogP contribution in [-0.2, 0) is 9.59 Å². The second-order valence-corrected chi connectivity index (χ2v) is 5.67. The van der Waals surface area contributed by atoms with E-state index in [0.717, 1.165) is 5.56 Å². The van der Waals surface area contributed by atoms with Crippen LogP contribution in [0.15, 0.2) is 48.5 Å². The minimum absolute atomic E-state index is 0.0356. The molecule has 0 heterocycles. The van der Waals surface area contributed by atoms with E-state index in [2.05, 4.69) is 5.32 Å². The number of rotatable bonds is 6. The van der Waals surface area contributed by atoms with Gasteiger partial charge in [-0.15, -0.1) is 0 Å². The van der Waals surface area contributed by atoms with Crippen molar-refractivity contribution >= 4 is 29.2 Å². The van der Waals surface area contributed by atoms with E-state index in [0.29, 0.717) is 11.3 Å². The summed E-state index contributed by atoms with van der Waals surface area (Å²) < 4.78 is 0. The predicted molar refractivity (Wildman–Crippen MR) is 90.8 cm³/mol. The number of aliphatic carboxylic acids is 1. The number of anilines is 1. The zero-order chi connectivity index (χ0) is 17.5. The highest BCUT2D eigenvalue weighted by Gasteiger charge is 2.19. The molecular weight excluding hydrogens is 328 g/mol. The molecule has 2 aromatic carbocycles. The van der Waals surface area contributed by atoms with Gasteiger partial charge in [0.15, 0.2) is 0 Å². The van der Waals surface area contributed by atoms with Crippen molar-refractivity contribution in [2.75, 3.05) is 5.32 Å². The van der Waals surface area contributed by atoms with Crippen LogP contribution >= 0.6 is 11.6 Å². The summed E-state index contributed by atoms with van der Waals surface area (Å²) in [5.41, 5.74) is 1.58. The molecule has 0 aliphatic carbocycles. The molecule has 0 aliphatic heterocycles. The fraction of sp³-hybridized carbons (Fsp3) is 0.167. The van der Waals surface area contributed by atoms with Crippen molar-refractivity contribution in [2.45, 2.75) is 18.8 Å². The minimum Gasteiger partial charge on any atom is -0.481 e. The molecule has 0 radical (unpaired) electrons. The molecule has 2 N–H and O–H groups in total. The highest BCUT2D eigenvalue weighted by Crippen LogP contribution is 2.25. The van der Waals surface area contributed by atoms with Crippen LogP contribution in [0.25, 0.3) is 0 Å². The molecule has 6 heteroatoms. The maximum Gasteiger partial charge on any atom is 0.303 e. The summed E-state index contributed by atoms with van der Waals surface area (Å²) in [6.07, 6.45) is -0.0977. The summed E-state index contributed by atoms with van der Waals surface area (Å²) in [4.78, 5) is 23.3. The van der Waals surface area contributed by atoms with Crippen molar-refractivity contribution in [2.24, 2.45) is 0 Å². The number of nitrogens with zero attached hydrogens (tertiary/aromatic N) is 1. The number of nitrogens with one attached hydrogen (secondary N) is 1. The van der Waals surface area contributed by atoms with Crippen molar-refractivity contribution in [3.05, 3.63) is 64.7 Å². The quantitative estimate of drug-likeness (QED) is 0.835. The van der Waals surface area contributed by atoms with E-state index in [4.69, 9.17) is 22.0 Å². The Bertz CT molecular complexity index is 785. The lowest BCUT2D eigenvalue weighted by Gasteiger charge is -2.15. The van der Waals surface area contributed by atoms with E-state index in [1.54, 1.807) is 18.2 Å². The number of amides is 1. The first-order valence-corrected chi connectivity index (χ1v) is 7.63. The van der Waals surface area contributed by atoms with Gasteiger partial charge in [-0.05, 0) is 23.8 Å². The Hall–Kier alpha value is -2.84. The zero-order valence-electron chi connectivity index (χ0n) is 12.7. The van der Waals surface area contributed by atoms with Crippen LogP contribution in [0, 0.1) is 11.3 Å². The van der Waals surface area contributed by atoms with E-state index >= 15 is 0 Å². The third kappa shape index (κ3) is 4.83. The third-order valence-electron chi connectivity index (χ3n) is 3.50. The van der Waals surface area contributed by atoms with E-state index in [-0.39, 0.29) is 23.8 Å². The third-order valence-corrected chi connectivity index (χ3v) is 3.81. The molecule has 0 bridgehead atoms. The summed E-state index contributed by atoms with van der Waals surface area (Å²) in [6, 6.07) is 15.6. The number of hydrogen-bond donors (Lipinski definition) is 2. The van der Waals surface area contributed by atoms with E-state index < -0.39 is 11.9 Å². The molecule has 0 saturated heterocycles. The van der Waals surface area contributed by atoms with Gasteiger partial charge in [-0.1, -0.05) is 41.9 Å². The fourth-order valence-corrected chi connectivity index (χ4v) is 2.59. The molecule has 122 valence electrons. The van der Waals surface area contributed by atoms with Crippen LogP contribution in [-0.4, -0.2) is 17.0 Å². The highest BCUT2D eigenvalue weighted by atomic mass is 35.5. The van der Waals surface area contributed by atoms with Gasteiger partial charge >= 0.3 is 5.97 Å². The molecule has 2 rings (SSSR count). The number of nitriles is 1. The van der Waals surface area contributed by atoms with Crippen molar-refractivity contribution < 1.29 is 14.7 Å². The van der Waals surface area contributed by atoms with Gasteiger partial charge in [0.2, 0.25) is 5.91 Å². The Morgan fingerprint density at radius 1 is 1.17 bits per heavy atom. The molecule has 0 fully saturated rings. The molecule has 0 aromatic heterocycles. The van der Waals surface area contributed by atoms with Crippen molar-refractivity contribution in [3.63, 3.8) is 0 Å². The topological polar surface area (TPSA) is 90.2 Å². The Morgan fingerprint density at radius 3 is 2.46 bits per heavy atom. The summed E-state index contributed by atoms with van der Waals surface area (Å²) in [7, 11) is 0. The van der Waals surface area contributed by atoms with E-state index in [1.165, 1.54) is 12.1 Å². The van der Waals surface area contributed by atoms with Crippen LogP contribution in [0.4, 0.5) is 5.69 Å². The average molecular weight is 343 g/mol. The zero-order valence-corrected chi connectivity index (χ0v) is 13.5. The number of hydrogen-bond acceptors (Lipinski definition) is 3. The van der Waals surface area contributed by atoms with Gasteiger partial charge in [0.25, 0.3) is 0 Å². The number of carbonyl (C=O) groups excluding carboxylic acids is 1. The number of carboxylic acids is 1. The minimum atomic E-state index is -0.960. The van der Waals surface area contributed by atoms with Crippen LogP contribution in [0.1, 0.15) is 29.9 Å². The summed E-state index contributed by atoms with van der Waals surface area (Å²) >= 11 is 5.93. The molecule has 1 amide bonds. The van der Waals surface area contributed by atoms with E-state index in [9.17, 15) is 9.59 Å². The molecule has 5 nitrogen and oxygen atoms in total. The SMILES string of the molecule is N#Cc1ccc(NC(=O)C[C@H](CC(=O)O)c2ccccc2)cc1Cl. The normalized spacial score (nSPS) is 11.3. The van der Waals surface area contributed by atoms with Crippen molar-refractivity contribution in [1.82, 2.24) is 0 Å². The molecule has 0 unspecified atom stereocenters. The fourth-order valence-electron chi connectivity index (χ4n) is 2.36. The van der Waals surface area contributed by atoms with Crippen molar-refractivity contribution in [1.29, 1.82) is 5.26 Å². The Kier molecular flexibility index (Phi) is 5.94. The monoisotopic (exact) mass is 342 g/mol. The maximum absolute atomic E-state index is 12.2. The standard InChI is InChI=1S/C18H15ClN2O3/c19-16-10-15(7-6-13(16)11-20)21-17(22)8-14(9-18(23)24)12-4-2-1-3-5-12/h1-7,10,14H,8-9H2,(H,21,22)(H,23,24)/t14-/m1/s1. The van der Waals surface area contributed by atoms with Gasteiger partial charge in [-0.2, -0.15) is 5.26 Å². The second kappa shape index (κ2) is 8.14. The van der Waals surface area contributed by atoms with Gasteiger partial charge in [0.05, 0.1) is 17.0 Å². The van der Waals surface area contributed by atoms with Crippen molar-refractivity contribution in [3.8, 4) is 6.07 Å². The van der Waals surface area contributed by atoms with Gasteiger partial charge in [0, 0.05) is 18.0 Å². The van der Waals surface area contributed by atoms with E-state index in [1.807, 2.05) is 24.3 Å². The first kappa shape index (κ1) is 17.5. The smallest absolute Gasteiger partial charge is 0.303 e. The lowest BCUT2D eigenvalue weighted by atomic mass is 9.92. The summed E-state index contributed by atoms with van der Waals surface area (Å²) in [5, 5.41) is 20.8. The molecule has 2 aromatic rings. The lowest BCUT2D eigenvalue weighted by molar-refractivity contribution is -0.137. The Labute approximate surface area is 144 Å². The van der Waals surface area contributed by atoms with Gasteiger partial charge in [-0.3, -0.25) is 9.59 Å². The largest absolute Gasteiger partial charge is 0.481 e. The molecule has 24 heavy (non-hydrogen) atoms. The highest BCUT2D eigenvalue weighted by molar-refractivity contribution is 6.32. The van der Waals surface area contributed by atoms with Gasteiger partial charge in [-0.25, -0.2) is 0 Å². The molecule has 0 saturated carbocycles. The first-order valence-electron chi connectivity index (χ1n) is 7.26. The van der Waals surface area contributed by atoms with Crippen LogP contribution in [0.3, 0.4) is 0 Å². The lowest BCUT2D eigenvalue weighted by Crippen LogP contribution is -2.17. The van der Waals surface area contributed by atoms with Crippen LogP contribution in [0.5, 0.6) is 0 Å². The summed E-state index contributed by atoms with van der Waals surface area (Å²) in [6.45, 7) is 0. The number of halogens is 1. The molecular formula is C18H15ClN2O3. The van der Waals surface area contributed by atoms with Gasteiger partial charge < -0.3 is 10.4 Å².